The number of nitrogens with one attached hydrogen (secondary N) is 2. The molecular formula is C29H39N3O4. The first-order valence-electron chi connectivity index (χ1n) is 12.7. The number of hydrogen-bond acceptors (Lipinski definition) is 4. The van der Waals surface area contributed by atoms with Crippen LogP contribution in [0.2, 0.25) is 0 Å². The Labute approximate surface area is 215 Å². The molecule has 0 aromatic heterocycles. The molecule has 3 atom stereocenters. The lowest BCUT2D eigenvalue weighted by Gasteiger charge is -2.34. The van der Waals surface area contributed by atoms with Crippen LogP contribution < -0.4 is 10.6 Å². The van der Waals surface area contributed by atoms with Gasteiger partial charge >= 0.3 is 6.09 Å². The predicted molar refractivity (Wildman–Crippen MR) is 140 cm³/mol. The van der Waals surface area contributed by atoms with Gasteiger partial charge < -0.3 is 15.4 Å². The van der Waals surface area contributed by atoms with Gasteiger partial charge in [0, 0.05) is 23.2 Å². The zero-order valence-electron chi connectivity index (χ0n) is 22.1. The van der Waals surface area contributed by atoms with Gasteiger partial charge in [-0.3, -0.25) is 14.5 Å². The summed E-state index contributed by atoms with van der Waals surface area (Å²) in [4.78, 5) is 41.2. The van der Waals surface area contributed by atoms with Crippen molar-refractivity contribution in [1.29, 1.82) is 0 Å². The summed E-state index contributed by atoms with van der Waals surface area (Å²) < 4.78 is 5.38. The quantitative estimate of drug-likeness (QED) is 0.412. The lowest BCUT2D eigenvalue weighted by Crippen LogP contribution is -2.54. The molecule has 0 bridgehead atoms. The predicted octanol–water partition coefficient (Wildman–Crippen LogP) is 4.52. The average Bonchev–Trinajstić information content (AvgIpc) is 2.84. The maximum Gasteiger partial charge on any atom is 0.408 e. The molecule has 0 spiro atoms. The summed E-state index contributed by atoms with van der Waals surface area (Å²) >= 11 is 0. The first-order chi connectivity index (χ1) is 17.0. The molecule has 0 heterocycles. The number of terminal acetylenes is 2. The summed E-state index contributed by atoms with van der Waals surface area (Å²) in [6, 6.07) is 7.21. The highest BCUT2D eigenvalue weighted by molar-refractivity contribution is 5.94. The molecule has 0 radical (unpaired) electrons. The van der Waals surface area contributed by atoms with Crippen molar-refractivity contribution in [2.75, 3.05) is 0 Å². The summed E-state index contributed by atoms with van der Waals surface area (Å²) in [5, 5.41) is 5.76. The first kappa shape index (κ1) is 28.8. The smallest absolute Gasteiger partial charge is 0.408 e. The third-order valence-electron chi connectivity index (χ3n) is 6.40. The van der Waals surface area contributed by atoms with Gasteiger partial charge in [-0.05, 0) is 45.6 Å². The molecule has 3 unspecified atom stereocenters. The SMILES string of the molecule is C#Cc1ccccc1C(C(=O)NC1CCCCC1)N(C#C)C(=O)C(NC(=O)OC(C)(C)C)C(C)CC. The van der Waals surface area contributed by atoms with E-state index in [4.69, 9.17) is 17.6 Å². The number of carbonyl (C=O) groups is 3. The van der Waals surface area contributed by atoms with Gasteiger partial charge in [0.1, 0.15) is 17.7 Å². The number of benzene rings is 1. The number of carbonyl (C=O) groups excluding carboxylic acids is 3. The molecule has 1 fully saturated rings. The Morgan fingerprint density at radius 1 is 1.14 bits per heavy atom. The van der Waals surface area contributed by atoms with Crippen LogP contribution in [-0.2, 0) is 14.3 Å². The van der Waals surface area contributed by atoms with E-state index in [1.165, 1.54) is 0 Å². The van der Waals surface area contributed by atoms with Crippen molar-refractivity contribution in [3.63, 3.8) is 0 Å². The van der Waals surface area contributed by atoms with Crippen molar-refractivity contribution in [3.05, 3.63) is 35.4 Å². The maximum absolute atomic E-state index is 13.9. The molecule has 7 nitrogen and oxygen atoms in total. The highest BCUT2D eigenvalue weighted by atomic mass is 16.6. The minimum Gasteiger partial charge on any atom is -0.444 e. The van der Waals surface area contributed by atoms with E-state index < -0.39 is 35.6 Å². The largest absolute Gasteiger partial charge is 0.444 e. The van der Waals surface area contributed by atoms with Gasteiger partial charge in [0.25, 0.3) is 5.91 Å². The molecule has 36 heavy (non-hydrogen) atoms. The van der Waals surface area contributed by atoms with E-state index in [1.54, 1.807) is 45.0 Å². The van der Waals surface area contributed by atoms with Gasteiger partial charge in [-0.15, -0.1) is 6.42 Å². The van der Waals surface area contributed by atoms with E-state index >= 15 is 0 Å². The second-order valence-electron chi connectivity index (χ2n) is 10.3. The fourth-order valence-corrected chi connectivity index (χ4v) is 4.32. The zero-order chi connectivity index (χ0) is 26.9. The van der Waals surface area contributed by atoms with Gasteiger partial charge in [-0.25, -0.2) is 4.79 Å². The van der Waals surface area contributed by atoms with Crippen molar-refractivity contribution in [1.82, 2.24) is 15.5 Å². The fourth-order valence-electron chi connectivity index (χ4n) is 4.32. The highest BCUT2D eigenvalue weighted by Crippen LogP contribution is 2.27. The third-order valence-corrected chi connectivity index (χ3v) is 6.40. The van der Waals surface area contributed by atoms with Crippen molar-refractivity contribution in [2.24, 2.45) is 5.92 Å². The molecular weight excluding hydrogens is 454 g/mol. The average molecular weight is 494 g/mol. The lowest BCUT2D eigenvalue weighted by molar-refractivity contribution is -0.139. The highest BCUT2D eigenvalue weighted by Gasteiger charge is 2.39. The van der Waals surface area contributed by atoms with Crippen molar-refractivity contribution < 1.29 is 19.1 Å². The Bertz CT molecular complexity index is 1010. The summed E-state index contributed by atoms with van der Waals surface area (Å²) in [5.41, 5.74) is 0.182. The molecule has 7 heteroatoms. The van der Waals surface area contributed by atoms with E-state index in [9.17, 15) is 14.4 Å². The number of rotatable bonds is 8. The molecule has 1 saturated carbocycles. The molecule has 2 rings (SSSR count). The summed E-state index contributed by atoms with van der Waals surface area (Å²) in [5.74, 6) is 1.36. The molecule has 0 aliphatic heterocycles. The third kappa shape index (κ3) is 7.78. The van der Waals surface area contributed by atoms with E-state index in [1.807, 2.05) is 13.8 Å². The van der Waals surface area contributed by atoms with Crippen molar-refractivity contribution >= 4 is 17.9 Å². The summed E-state index contributed by atoms with van der Waals surface area (Å²) in [6.45, 7) is 8.96. The van der Waals surface area contributed by atoms with E-state index in [-0.39, 0.29) is 12.0 Å². The Morgan fingerprint density at radius 3 is 2.33 bits per heavy atom. The fraction of sp³-hybridized carbons (Fsp3) is 0.552. The number of alkyl carbamates (subject to hydrolysis) is 1. The first-order valence-corrected chi connectivity index (χ1v) is 12.7. The standard InChI is InChI=1S/C29H39N3O4/c1-8-20(4)24(31-28(35)36-29(5,6)7)27(34)32(10-3)25(23-19-15-14-16-21(23)9-2)26(33)30-22-17-12-11-13-18-22/h2-3,14-16,19-20,22,24-25H,8,11-13,17-18H2,1,4-7H3,(H,30,33)(H,31,35). The van der Waals surface area contributed by atoms with Crippen molar-refractivity contribution in [2.45, 2.75) is 96.9 Å². The minimum absolute atomic E-state index is 0.00623. The van der Waals surface area contributed by atoms with Gasteiger partial charge in [0.05, 0.1) is 0 Å². The molecule has 2 N–H and O–H groups in total. The van der Waals surface area contributed by atoms with Crippen LogP contribution in [0, 0.1) is 30.7 Å². The number of hydrogen-bond donors (Lipinski definition) is 2. The Hall–Kier alpha value is -3.45. The Balaban J connectivity index is 2.46. The lowest BCUT2D eigenvalue weighted by atomic mass is 9.93. The topological polar surface area (TPSA) is 87.7 Å². The van der Waals surface area contributed by atoms with Crippen LogP contribution in [0.5, 0.6) is 0 Å². The minimum atomic E-state index is -1.15. The zero-order valence-corrected chi connectivity index (χ0v) is 22.1. The Morgan fingerprint density at radius 2 is 1.78 bits per heavy atom. The maximum atomic E-state index is 13.9. The molecule has 194 valence electrons. The molecule has 1 aromatic carbocycles. The van der Waals surface area contributed by atoms with E-state index in [0.29, 0.717) is 17.5 Å². The van der Waals surface area contributed by atoms with Crippen LogP contribution in [0.4, 0.5) is 4.79 Å². The second-order valence-corrected chi connectivity index (χ2v) is 10.3. The second kappa shape index (κ2) is 13.0. The number of amides is 3. The summed E-state index contributed by atoms with van der Waals surface area (Å²) in [7, 11) is 0. The van der Waals surface area contributed by atoms with Gasteiger partial charge in [-0.2, -0.15) is 0 Å². The molecule has 1 aliphatic carbocycles. The molecule has 0 saturated heterocycles. The summed E-state index contributed by atoms with van der Waals surface area (Å²) in [6.07, 6.45) is 16.4. The monoisotopic (exact) mass is 493 g/mol. The number of ether oxygens (including phenoxy) is 1. The normalized spacial score (nSPS) is 16.4. The van der Waals surface area contributed by atoms with E-state index in [0.717, 1.165) is 37.0 Å². The van der Waals surface area contributed by atoms with Crippen LogP contribution >= 0.6 is 0 Å². The Kier molecular flexibility index (Phi) is 10.4. The number of nitrogens with zero attached hydrogens (tertiary/aromatic N) is 1. The van der Waals surface area contributed by atoms with E-state index in [2.05, 4.69) is 22.6 Å². The molecule has 1 aliphatic rings. The van der Waals surface area contributed by atoms with Gasteiger partial charge in [0.2, 0.25) is 5.91 Å². The van der Waals surface area contributed by atoms with Crippen LogP contribution in [0.1, 0.15) is 90.3 Å². The van der Waals surface area contributed by atoms with Crippen LogP contribution in [0.25, 0.3) is 0 Å². The van der Waals surface area contributed by atoms with Crippen molar-refractivity contribution in [3.8, 4) is 24.8 Å². The molecule has 1 aromatic rings. The van der Waals surface area contributed by atoms with Gasteiger partial charge in [-0.1, -0.05) is 70.1 Å². The van der Waals surface area contributed by atoms with Gasteiger partial charge in [0.15, 0.2) is 0 Å². The van der Waals surface area contributed by atoms with Crippen LogP contribution in [0.3, 0.4) is 0 Å². The van der Waals surface area contributed by atoms with Crippen LogP contribution in [-0.4, -0.2) is 40.5 Å². The molecule has 3 amide bonds. The van der Waals surface area contributed by atoms with Crippen LogP contribution in [0.15, 0.2) is 24.3 Å².